The summed E-state index contributed by atoms with van der Waals surface area (Å²) in [4.78, 5) is 23.0. The van der Waals surface area contributed by atoms with E-state index in [9.17, 15) is 9.59 Å². The van der Waals surface area contributed by atoms with Crippen LogP contribution in [0.2, 0.25) is 0 Å². The zero-order valence-electron chi connectivity index (χ0n) is 9.61. The van der Waals surface area contributed by atoms with E-state index >= 15 is 0 Å². The van der Waals surface area contributed by atoms with Gasteiger partial charge in [-0.15, -0.1) is 0 Å². The number of nitrogens with zero attached hydrogens (tertiary/aromatic N) is 1. The maximum Gasteiger partial charge on any atom is 0.239 e. The number of hydrogen-bond donors (Lipinski definition) is 0. The standard InChI is InChI=1S/C12H19NO2S/c14-11-8-9-12(15)13(11)16-10-6-4-2-1-3-5-7-10/h10H,1-9H2. The largest absolute Gasteiger partial charge is 0.273 e. The summed E-state index contributed by atoms with van der Waals surface area (Å²) in [7, 11) is 0. The van der Waals surface area contributed by atoms with E-state index in [4.69, 9.17) is 0 Å². The molecule has 0 aromatic carbocycles. The van der Waals surface area contributed by atoms with Gasteiger partial charge in [0, 0.05) is 18.1 Å². The maximum absolute atomic E-state index is 11.5. The van der Waals surface area contributed by atoms with Crippen molar-refractivity contribution in [3.8, 4) is 0 Å². The highest BCUT2D eigenvalue weighted by Gasteiger charge is 2.31. The summed E-state index contributed by atoms with van der Waals surface area (Å²) >= 11 is 1.50. The first-order valence-corrected chi connectivity index (χ1v) is 7.13. The molecular formula is C12H19NO2S. The SMILES string of the molecule is O=C1CCC(=O)N1SC1CCCCCCC1. The van der Waals surface area contributed by atoms with E-state index in [-0.39, 0.29) is 11.8 Å². The predicted molar refractivity (Wildman–Crippen MR) is 64.8 cm³/mol. The fourth-order valence-electron chi connectivity index (χ4n) is 2.35. The molecule has 1 saturated carbocycles. The van der Waals surface area contributed by atoms with Crippen molar-refractivity contribution in [3.63, 3.8) is 0 Å². The number of carbonyl (C=O) groups excluding carboxylic acids is 2. The molecule has 90 valence electrons. The third-order valence-electron chi connectivity index (χ3n) is 3.31. The first kappa shape index (κ1) is 12.0. The van der Waals surface area contributed by atoms with Gasteiger partial charge >= 0.3 is 0 Å². The first-order chi connectivity index (χ1) is 7.77. The number of amides is 2. The molecule has 2 fully saturated rings. The van der Waals surface area contributed by atoms with Crippen molar-refractivity contribution in [2.24, 2.45) is 0 Å². The summed E-state index contributed by atoms with van der Waals surface area (Å²) in [5, 5.41) is 0.478. The molecule has 0 radical (unpaired) electrons. The van der Waals surface area contributed by atoms with Gasteiger partial charge in [0.1, 0.15) is 0 Å². The van der Waals surface area contributed by atoms with Crippen LogP contribution in [-0.2, 0) is 9.59 Å². The minimum absolute atomic E-state index is 0.0112. The molecule has 1 aliphatic carbocycles. The van der Waals surface area contributed by atoms with Gasteiger partial charge in [0.25, 0.3) is 0 Å². The van der Waals surface area contributed by atoms with Crippen LogP contribution < -0.4 is 0 Å². The van der Waals surface area contributed by atoms with Crippen LogP contribution in [0.15, 0.2) is 0 Å². The van der Waals surface area contributed by atoms with E-state index < -0.39 is 0 Å². The van der Waals surface area contributed by atoms with Gasteiger partial charge in [-0.1, -0.05) is 32.1 Å². The molecule has 2 rings (SSSR count). The lowest BCUT2D eigenvalue weighted by molar-refractivity contribution is -0.131. The molecule has 0 aromatic rings. The summed E-state index contributed by atoms with van der Waals surface area (Å²) in [5.41, 5.74) is 0. The molecular weight excluding hydrogens is 222 g/mol. The Hall–Kier alpha value is -0.510. The third-order valence-corrected chi connectivity index (χ3v) is 4.70. The highest BCUT2D eigenvalue weighted by atomic mass is 32.2. The predicted octanol–water partition coefficient (Wildman–Crippen LogP) is 2.90. The van der Waals surface area contributed by atoms with E-state index in [1.165, 1.54) is 48.4 Å². The molecule has 1 aliphatic heterocycles. The van der Waals surface area contributed by atoms with Crippen LogP contribution in [0.3, 0.4) is 0 Å². The van der Waals surface area contributed by atoms with Gasteiger partial charge in [-0.05, 0) is 24.8 Å². The summed E-state index contributed by atoms with van der Waals surface area (Å²) in [6.07, 6.45) is 9.58. The molecule has 0 spiro atoms. The number of carbonyl (C=O) groups is 2. The summed E-state index contributed by atoms with van der Waals surface area (Å²) in [6, 6.07) is 0. The minimum Gasteiger partial charge on any atom is -0.273 e. The molecule has 1 saturated heterocycles. The Balaban J connectivity index is 1.86. The number of hydrogen-bond acceptors (Lipinski definition) is 3. The Bertz CT molecular complexity index is 256. The van der Waals surface area contributed by atoms with Crippen LogP contribution in [0.1, 0.15) is 57.8 Å². The maximum atomic E-state index is 11.5. The highest BCUT2D eigenvalue weighted by molar-refractivity contribution is 7.98. The highest BCUT2D eigenvalue weighted by Crippen LogP contribution is 2.32. The average Bonchev–Trinajstić information content (AvgIpc) is 2.53. The molecule has 0 aromatic heterocycles. The molecule has 4 heteroatoms. The zero-order valence-corrected chi connectivity index (χ0v) is 10.4. The lowest BCUT2D eigenvalue weighted by atomic mass is 10.0. The van der Waals surface area contributed by atoms with E-state index in [1.54, 1.807) is 0 Å². The van der Waals surface area contributed by atoms with E-state index in [2.05, 4.69) is 0 Å². The van der Waals surface area contributed by atoms with Crippen molar-refractivity contribution in [1.82, 2.24) is 4.31 Å². The molecule has 0 unspecified atom stereocenters. The topological polar surface area (TPSA) is 37.4 Å². The Kier molecular flexibility index (Phi) is 4.27. The molecule has 0 N–H and O–H groups in total. The molecule has 0 bridgehead atoms. The van der Waals surface area contributed by atoms with Crippen LogP contribution in [0.5, 0.6) is 0 Å². The molecule has 0 atom stereocenters. The average molecular weight is 241 g/mol. The van der Waals surface area contributed by atoms with Gasteiger partial charge in [0.2, 0.25) is 11.8 Å². The monoisotopic (exact) mass is 241 g/mol. The second-order valence-electron chi connectivity index (χ2n) is 4.65. The molecule has 2 amide bonds. The molecule has 3 nitrogen and oxygen atoms in total. The minimum atomic E-state index is 0.0112. The lowest BCUT2D eigenvalue weighted by Crippen LogP contribution is -2.25. The second kappa shape index (κ2) is 5.71. The van der Waals surface area contributed by atoms with Crippen molar-refractivity contribution >= 4 is 23.8 Å². The summed E-state index contributed by atoms with van der Waals surface area (Å²) in [5.74, 6) is 0.0223. The Morgan fingerprint density at radius 2 is 1.38 bits per heavy atom. The molecule has 1 heterocycles. The van der Waals surface area contributed by atoms with E-state index in [1.807, 2.05) is 0 Å². The van der Waals surface area contributed by atoms with Crippen LogP contribution >= 0.6 is 11.9 Å². The third kappa shape index (κ3) is 3.00. The number of imide groups is 1. The van der Waals surface area contributed by atoms with Gasteiger partial charge in [-0.25, -0.2) is 4.31 Å². The fraction of sp³-hybridized carbons (Fsp3) is 0.833. The van der Waals surface area contributed by atoms with Crippen molar-refractivity contribution in [2.45, 2.75) is 63.0 Å². The zero-order chi connectivity index (χ0) is 11.4. The normalized spacial score (nSPS) is 24.6. The molecule has 16 heavy (non-hydrogen) atoms. The smallest absolute Gasteiger partial charge is 0.239 e. The number of rotatable bonds is 2. The van der Waals surface area contributed by atoms with Gasteiger partial charge in [0.05, 0.1) is 0 Å². The Morgan fingerprint density at radius 1 is 0.875 bits per heavy atom. The quantitative estimate of drug-likeness (QED) is 0.551. The van der Waals surface area contributed by atoms with Gasteiger partial charge in [-0.2, -0.15) is 0 Å². The van der Waals surface area contributed by atoms with Crippen molar-refractivity contribution in [2.75, 3.05) is 0 Å². The van der Waals surface area contributed by atoms with Crippen LogP contribution in [0.4, 0.5) is 0 Å². The lowest BCUT2D eigenvalue weighted by Gasteiger charge is -2.22. The molecule has 2 aliphatic rings. The van der Waals surface area contributed by atoms with Crippen molar-refractivity contribution < 1.29 is 9.59 Å². The second-order valence-corrected chi connectivity index (χ2v) is 5.90. The van der Waals surface area contributed by atoms with Gasteiger partial charge in [-0.3, -0.25) is 9.59 Å². The summed E-state index contributed by atoms with van der Waals surface area (Å²) in [6.45, 7) is 0. The first-order valence-electron chi connectivity index (χ1n) is 6.30. The fourth-order valence-corrected chi connectivity index (χ4v) is 3.61. The van der Waals surface area contributed by atoms with E-state index in [0.29, 0.717) is 18.1 Å². The van der Waals surface area contributed by atoms with Crippen molar-refractivity contribution in [3.05, 3.63) is 0 Å². The Morgan fingerprint density at radius 3 is 1.94 bits per heavy atom. The van der Waals surface area contributed by atoms with Gasteiger partial charge in [0.15, 0.2) is 0 Å². The Labute approximate surface area is 101 Å². The van der Waals surface area contributed by atoms with Gasteiger partial charge < -0.3 is 0 Å². The van der Waals surface area contributed by atoms with Crippen LogP contribution in [-0.4, -0.2) is 21.4 Å². The van der Waals surface area contributed by atoms with Crippen LogP contribution in [0.25, 0.3) is 0 Å². The van der Waals surface area contributed by atoms with Crippen LogP contribution in [0, 0.1) is 0 Å². The van der Waals surface area contributed by atoms with Crippen molar-refractivity contribution in [1.29, 1.82) is 0 Å². The summed E-state index contributed by atoms with van der Waals surface area (Å²) < 4.78 is 1.42. The van der Waals surface area contributed by atoms with E-state index in [0.717, 1.165) is 12.8 Å².